The SMILES string of the molecule is COC(=O)c1ccc2nc(Cc3ccc(-c4cccc(OCc5ccc(C#N)cc5F)n4)cc3F)n(C[C@H]3CCN3)c2c1. The molecule has 0 bridgehead atoms. The van der Waals surface area contributed by atoms with E-state index >= 15 is 4.39 Å². The molecular formula is C33H27F2N5O3. The fraction of sp³-hybridized carbons (Fsp3) is 0.212. The van der Waals surface area contributed by atoms with Crippen LogP contribution >= 0.6 is 0 Å². The normalized spacial score (nSPS) is 14.2. The van der Waals surface area contributed by atoms with Crippen LogP contribution in [0.5, 0.6) is 5.88 Å². The van der Waals surface area contributed by atoms with Gasteiger partial charge in [0.15, 0.2) is 0 Å². The highest BCUT2D eigenvalue weighted by Gasteiger charge is 2.22. The number of imidazole rings is 1. The summed E-state index contributed by atoms with van der Waals surface area (Å²) in [5.74, 6) is -0.407. The molecule has 1 saturated heterocycles. The van der Waals surface area contributed by atoms with Crippen LogP contribution in [0.2, 0.25) is 0 Å². The molecule has 0 aliphatic carbocycles. The number of nitriles is 1. The van der Waals surface area contributed by atoms with Crippen LogP contribution < -0.4 is 10.1 Å². The van der Waals surface area contributed by atoms with Gasteiger partial charge in [0.2, 0.25) is 5.88 Å². The summed E-state index contributed by atoms with van der Waals surface area (Å²) in [6.07, 6.45) is 1.28. The first-order chi connectivity index (χ1) is 20.9. The van der Waals surface area contributed by atoms with Gasteiger partial charge in [-0.3, -0.25) is 0 Å². The number of nitrogens with one attached hydrogen (secondary N) is 1. The Morgan fingerprint density at radius 1 is 1.05 bits per heavy atom. The molecule has 1 N–H and O–H groups in total. The van der Waals surface area contributed by atoms with Gasteiger partial charge in [0.1, 0.15) is 24.1 Å². The molecule has 5 aromatic rings. The van der Waals surface area contributed by atoms with Gasteiger partial charge in [-0.25, -0.2) is 23.5 Å². The number of hydrogen-bond donors (Lipinski definition) is 1. The van der Waals surface area contributed by atoms with Crippen molar-refractivity contribution >= 4 is 17.0 Å². The van der Waals surface area contributed by atoms with E-state index < -0.39 is 17.6 Å². The monoisotopic (exact) mass is 579 g/mol. The summed E-state index contributed by atoms with van der Waals surface area (Å²) in [7, 11) is 1.34. The predicted molar refractivity (Wildman–Crippen MR) is 155 cm³/mol. The second kappa shape index (κ2) is 12.0. The molecule has 0 spiro atoms. The Labute approximate surface area is 246 Å². The van der Waals surface area contributed by atoms with Crippen LogP contribution in [-0.4, -0.2) is 40.2 Å². The second-order valence-corrected chi connectivity index (χ2v) is 10.3. The van der Waals surface area contributed by atoms with Crippen LogP contribution in [0.1, 0.15) is 39.3 Å². The maximum Gasteiger partial charge on any atom is 0.337 e. The molecule has 1 aliphatic rings. The van der Waals surface area contributed by atoms with Crippen LogP contribution in [0.25, 0.3) is 22.3 Å². The first-order valence-corrected chi connectivity index (χ1v) is 13.8. The smallest absolute Gasteiger partial charge is 0.337 e. The number of benzene rings is 3. The van der Waals surface area contributed by atoms with Gasteiger partial charge in [-0.15, -0.1) is 0 Å². The fourth-order valence-electron chi connectivity index (χ4n) is 5.04. The number of ether oxygens (including phenoxy) is 2. The third kappa shape index (κ3) is 5.94. The standard InChI is InChI=1S/C33H27F2N5O3/c1-42-33(41)23-9-10-29-30(15-23)40(18-25-11-12-37-25)31(38-29)16-21-7-8-22(14-27(21)35)28-3-2-4-32(39-28)43-19-24-6-5-20(17-36)13-26(24)34/h2-10,13-15,25,37H,11-12,16,18-19H2,1H3/t25-/m1/s1. The van der Waals surface area contributed by atoms with Crippen molar-refractivity contribution < 1.29 is 23.0 Å². The van der Waals surface area contributed by atoms with Gasteiger partial charge in [-0.1, -0.05) is 24.3 Å². The lowest BCUT2D eigenvalue weighted by Crippen LogP contribution is -2.45. The number of aromatic nitrogens is 3. The molecule has 0 unspecified atom stereocenters. The highest BCUT2D eigenvalue weighted by atomic mass is 19.1. The Balaban J connectivity index is 1.23. The third-order valence-electron chi connectivity index (χ3n) is 7.56. The molecule has 0 radical (unpaired) electrons. The lowest BCUT2D eigenvalue weighted by molar-refractivity contribution is 0.0601. The average molecular weight is 580 g/mol. The van der Waals surface area contributed by atoms with E-state index in [1.54, 1.807) is 48.5 Å². The number of rotatable bonds is 9. The number of hydrogen-bond acceptors (Lipinski definition) is 7. The quantitative estimate of drug-likeness (QED) is 0.228. The summed E-state index contributed by atoms with van der Waals surface area (Å²) in [5.41, 5.74) is 4.01. The summed E-state index contributed by atoms with van der Waals surface area (Å²) in [5, 5.41) is 12.3. The number of pyridine rings is 1. The molecule has 3 aromatic carbocycles. The Morgan fingerprint density at radius 2 is 1.86 bits per heavy atom. The van der Waals surface area contributed by atoms with Crippen molar-refractivity contribution in [2.75, 3.05) is 13.7 Å². The molecule has 43 heavy (non-hydrogen) atoms. The number of fused-ring (bicyclic) bond motifs is 1. The summed E-state index contributed by atoms with van der Waals surface area (Å²) in [6, 6.07) is 21.6. The Bertz CT molecular complexity index is 1880. The van der Waals surface area contributed by atoms with E-state index in [2.05, 4.69) is 10.3 Å². The molecule has 1 aliphatic heterocycles. The highest BCUT2D eigenvalue weighted by Crippen LogP contribution is 2.27. The minimum atomic E-state index is -0.533. The van der Waals surface area contributed by atoms with Crippen LogP contribution in [0.15, 0.2) is 72.8 Å². The van der Waals surface area contributed by atoms with E-state index in [-0.39, 0.29) is 30.5 Å². The van der Waals surface area contributed by atoms with Crippen LogP contribution in [0.4, 0.5) is 8.78 Å². The molecule has 0 saturated carbocycles. The van der Waals surface area contributed by atoms with Gasteiger partial charge in [0.05, 0.1) is 41.0 Å². The molecule has 3 heterocycles. The molecule has 8 nitrogen and oxygen atoms in total. The first-order valence-electron chi connectivity index (χ1n) is 13.8. The summed E-state index contributed by atoms with van der Waals surface area (Å²) >= 11 is 0. The zero-order valence-electron chi connectivity index (χ0n) is 23.3. The van der Waals surface area contributed by atoms with Gasteiger partial charge in [0, 0.05) is 36.2 Å². The number of esters is 1. The van der Waals surface area contributed by atoms with Crippen molar-refractivity contribution in [1.82, 2.24) is 19.9 Å². The maximum absolute atomic E-state index is 15.5. The van der Waals surface area contributed by atoms with Crippen LogP contribution in [0.3, 0.4) is 0 Å². The Kier molecular flexibility index (Phi) is 7.81. The van der Waals surface area contributed by atoms with Gasteiger partial charge in [-0.05, 0) is 61.0 Å². The van der Waals surface area contributed by atoms with E-state index in [0.29, 0.717) is 40.3 Å². The van der Waals surface area contributed by atoms with Gasteiger partial charge < -0.3 is 19.4 Å². The highest BCUT2D eigenvalue weighted by molar-refractivity contribution is 5.93. The molecule has 10 heteroatoms. The van der Waals surface area contributed by atoms with Crippen molar-refractivity contribution in [3.8, 4) is 23.2 Å². The zero-order valence-corrected chi connectivity index (χ0v) is 23.3. The number of methoxy groups -OCH3 is 1. The molecule has 216 valence electrons. The summed E-state index contributed by atoms with van der Waals surface area (Å²) in [6.45, 7) is 1.53. The van der Waals surface area contributed by atoms with Crippen molar-refractivity contribution in [3.05, 3.63) is 113 Å². The minimum absolute atomic E-state index is 0.0696. The molecular weight excluding hydrogens is 552 g/mol. The van der Waals surface area contributed by atoms with E-state index in [1.807, 2.05) is 10.6 Å². The van der Waals surface area contributed by atoms with Gasteiger partial charge in [-0.2, -0.15) is 5.26 Å². The topological polar surface area (TPSA) is 102 Å². The second-order valence-electron chi connectivity index (χ2n) is 10.3. The zero-order chi connectivity index (χ0) is 29.9. The minimum Gasteiger partial charge on any atom is -0.473 e. The van der Waals surface area contributed by atoms with E-state index in [4.69, 9.17) is 19.7 Å². The molecule has 6 rings (SSSR count). The van der Waals surface area contributed by atoms with Crippen molar-refractivity contribution in [2.45, 2.75) is 32.0 Å². The summed E-state index contributed by atoms with van der Waals surface area (Å²) < 4.78 is 42.4. The summed E-state index contributed by atoms with van der Waals surface area (Å²) in [4.78, 5) is 21.4. The van der Waals surface area contributed by atoms with Crippen molar-refractivity contribution in [3.63, 3.8) is 0 Å². The molecule has 0 amide bonds. The van der Waals surface area contributed by atoms with E-state index in [9.17, 15) is 9.18 Å². The number of carbonyl (C=O) groups excluding carboxylic acids is 1. The number of nitrogens with zero attached hydrogens (tertiary/aromatic N) is 4. The third-order valence-corrected chi connectivity index (χ3v) is 7.56. The van der Waals surface area contributed by atoms with Gasteiger partial charge in [0.25, 0.3) is 0 Å². The van der Waals surface area contributed by atoms with Gasteiger partial charge >= 0.3 is 5.97 Å². The maximum atomic E-state index is 15.5. The largest absolute Gasteiger partial charge is 0.473 e. The molecule has 1 fully saturated rings. The molecule has 2 aromatic heterocycles. The van der Waals surface area contributed by atoms with Crippen LogP contribution in [0, 0.1) is 23.0 Å². The van der Waals surface area contributed by atoms with Crippen molar-refractivity contribution in [1.29, 1.82) is 5.26 Å². The fourth-order valence-corrected chi connectivity index (χ4v) is 5.04. The first kappa shape index (κ1) is 28.0. The number of halogens is 2. The predicted octanol–water partition coefficient (Wildman–Crippen LogP) is 5.57. The lowest BCUT2D eigenvalue weighted by atomic mass is 10.0. The van der Waals surface area contributed by atoms with E-state index in [0.717, 1.165) is 30.1 Å². The van der Waals surface area contributed by atoms with E-state index in [1.165, 1.54) is 25.3 Å². The van der Waals surface area contributed by atoms with Crippen LogP contribution in [-0.2, 0) is 24.3 Å². The van der Waals surface area contributed by atoms with Crippen molar-refractivity contribution in [2.24, 2.45) is 0 Å². The number of carbonyl (C=O) groups is 1. The average Bonchev–Trinajstić information content (AvgIpc) is 3.34. The Hall–Kier alpha value is -5.14. The molecule has 1 atom stereocenters. The Morgan fingerprint density at radius 3 is 2.58 bits per heavy atom. The lowest BCUT2D eigenvalue weighted by Gasteiger charge is -2.28.